The van der Waals surface area contributed by atoms with E-state index in [4.69, 9.17) is 0 Å². The van der Waals surface area contributed by atoms with Gasteiger partial charge in [-0.25, -0.2) is 8.78 Å². The zero-order chi connectivity index (χ0) is 11.5. The van der Waals surface area contributed by atoms with Gasteiger partial charge in [-0.05, 0) is 26.8 Å². The van der Waals surface area contributed by atoms with Crippen LogP contribution >= 0.6 is 0 Å². The van der Waals surface area contributed by atoms with E-state index in [1.807, 2.05) is 0 Å². The number of carbonyl (C=O) groups excluding carboxylic acids is 1. The molecule has 88 valence electrons. The van der Waals surface area contributed by atoms with Crippen molar-refractivity contribution in [3.63, 3.8) is 0 Å². The Morgan fingerprint density at radius 1 is 1.47 bits per heavy atom. The maximum absolute atomic E-state index is 13.0. The van der Waals surface area contributed by atoms with Crippen molar-refractivity contribution in [3.8, 4) is 0 Å². The van der Waals surface area contributed by atoms with E-state index < -0.39 is 11.8 Å². The average molecular weight is 220 g/mol. The minimum Gasteiger partial charge on any atom is -0.342 e. The van der Waals surface area contributed by atoms with Crippen LogP contribution in [0.1, 0.15) is 19.8 Å². The van der Waals surface area contributed by atoms with Gasteiger partial charge in [0.15, 0.2) is 0 Å². The first-order chi connectivity index (χ1) is 6.95. The van der Waals surface area contributed by atoms with E-state index in [1.165, 1.54) is 0 Å². The molecule has 0 aromatic heterocycles. The molecule has 1 heterocycles. The average Bonchev–Trinajstić information content (AvgIpc) is 2.17. The number of nitrogens with zero attached hydrogens (tertiary/aromatic N) is 1. The minimum atomic E-state index is -2.61. The molecule has 5 heteroatoms. The quantitative estimate of drug-likeness (QED) is 0.772. The van der Waals surface area contributed by atoms with E-state index in [0.29, 0.717) is 25.9 Å². The highest BCUT2D eigenvalue weighted by molar-refractivity contribution is 5.78. The lowest BCUT2D eigenvalue weighted by molar-refractivity contribution is -0.134. The third-order valence-corrected chi connectivity index (χ3v) is 2.89. The van der Waals surface area contributed by atoms with Gasteiger partial charge in [0, 0.05) is 19.0 Å². The Hall–Kier alpha value is -0.710. The summed E-state index contributed by atoms with van der Waals surface area (Å²) < 4.78 is 25.9. The fourth-order valence-electron chi connectivity index (χ4n) is 1.90. The molecular weight excluding hydrogens is 202 g/mol. The first-order valence-corrected chi connectivity index (χ1v) is 5.25. The van der Waals surface area contributed by atoms with Gasteiger partial charge in [0.05, 0.1) is 6.54 Å². The molecule has 1 rings (SSSR count). The van der Waals surface area contributed by atoms with Crippen molar-refractivity contribution in [2.75, 3.05) is 26.7 Å². The van der Waals surface area contributed by atoms with Gasteiger partial charge >= 0.3 is 0 Å². The summed E-state index contributed by atoms with van der Waals surface area (Å²) in [5, 5.41) is 2.77. The number of piperidine rings is 1. The molecule has 1 saturated heterocycles. The van der Waals surface area contributed by atoms with E-state index in [-0.39, 0.29) is 12.5 Å². The van der Waals surface area contributed by atoms with Crippen molar-refractivity contribution in [1.29, 1.82) is 0 Å². The first kappa shape index (κ1) is 12.4. The lowest BCUT2D eigenvalue weighted by Gasteiger charge is -2.34. The number of carbonyl (C=O) groups is 1. The van der Waals surface area contributed by atoms with Crippen LogP contribution in [0.2, 0.25) is 0 Å². The highest BCUT2D eigenvalue weighted by atomic mass is 19.3. The van der Waals surface area contributed by atoms with E-state index in [0.717, 1.165) is 6.92 Å². The predicted molar refractivity (Wildman–Crippen MR) is 53.9 cm³/mol. The van der Waals surface area contributed by atoms with Crippen LogP contribution < -0.4 is 5.32 Å². The van der Waals surface area contributed by atoms with Crippen molar-refractivity contribution in [2.24, 2.45) is 5.92 Å². The largest absolute Gasteiger partial charge is 0.342 e. The van der Waals surface area contributed by atoms with E-state index in [1.54, 1.807) is 11.9 Å². The topological polar surface area (TPSA) is 32.3 Å². The minimum absolute atomic E-state index is 0.00429. The van der Waals surface area contributed by atoms with Crippen LogP contribution in [-0.4, -0.2) is 43.4 Å². The molecule has 1 aliphatic heterocycles. The van der Waals surface area contributed by atoms with Crippen LogP contribution in [0.25, 0.3) is 0 Å². The Kier molecular flexibility index (Phi) is 4.02. The summed E-state index contributed by atoms with van der Waals surface area (Å²) >= 11 is 0. The van der Waals surface area contributed by atoms with Gasteiger partial charge in [0.25, 0.3) is 0 Å². The van der Waals surface area contributed by atoms with Crippen LogP contribution in [0.3, 0.4) is 0 Å². The summed E-state index contributed by atoms with van der Waals surface area (Å²) in [5.41, 5.74) is 0. The third kappa shape index (κ3) is 3.41. The van der Waals surface area contributed by atoms with Crippen molar-refractivity contribution in [1.82, 2.24) is 10.2 Å². The summed E-state index contributed by atoms with van der Waals surface area (Å²) in [6, 6.07) is 0. The summed E-state index contributed by atoms with van der Waals surface area (Å²) in [6.45, 7) is 2.15. The first-order valence-electron chi connectivity index (χ1n) is 5.25. The molecule has 0 aromatic carbocycles. The number of alkyl halides is 2. The van der Waals surface area contributed by atoms with Gasteiger partial charge in [0.2, 0.25) is 11.8 Å². The van der Waals surface area contributed by atoms with Gasteiger partial charge in [-0.3, -0.25) is 4.79 Å². The molecule has 0 unspecified atom stereocenters. The third-order valence-electron chi connectivity index (χ3n) is 2.89. The fourth-order valence-corrected chi connectivity index (χ4v) is 1.90. The molecule has 0 aromatic rings. The van der Waals surface area contributed by atoms with Crippen molar-refractivity contribution in [3.05, 3.63) is 0 Å². The Morgan fingerprint density at radius 2 is 2.00 bits per heavy atom. The van der Waals surface area contributed by atoms with E-state index in [2.05, 4.69) is 5.32 Å². The van der Waals surface area contributed by atoms with Crippen LogP contribution in [0.15, 0.2) is 0 Å². The smallest absolute Gasteiger partial charge is 0.248 e. The number of nitrogens with one attached hydrogen (secondary N) is 1. The Balaban J connectivity index is 2.39. The summed E-state index contributed by atoms with van der Waals surface area (Å²) in [6.07, 6.45) is 0.803. The highest BCUT2D eigenvalue weighted by Crippen LogP contribution is 2.32. The van der Waals surface area contributed by atoms with Crippen molar-refractivity contribution >= 4 is 5.91 Å². The maximum Gasteiger partial charge on any atom is 0.248 e. The molecule has 1 amide bonds. The molecule has 0 bridgehead atoms. The molecular formula is C10H18F2N2O. The second kappa shape index (κ2) is 4.88. The summed E-state index contributed by atoms with van der Waals surface area (Å²) in [7, 11) is 1.70. The lowest BCUT2D eigenvalue weighted by atomic mass is 9.91. The van der Waals surface area contributed by atoms with E-state index >= 15 is 0 Å². The van der Waals surface area contributed by atoms with E-state index in [9.17, 15) is 13.6 Å². The second-order valence-corrected chi connectivity index (χ2v) is 4.14. The summed E-state index contributed by atoms with van der Waals surface area (Å²) in [5.74, 6) is -3.19. The predicted octanol–water partition coefficient (Wildman–Crippen LogP) is 1.10. The molecule has 0 atom stereocenters. The normalized spacial score (nSPS) is 19.3. The van der Waals surface area contributed by atoms with Crippen LogP contribution in [0, 0.1) is 5.92 Å². The van der Waals surface area contributed by atoms with Gasteiger partial charge in [0.1, 0.15) is 0 Å². The highest BCUT2D eigenvalue weighted by Gasteiger charge is 2.36. The number of halogens is 2. The number of amides is 1. The zero-order valence-corrected chi connectivity index (χ0v) is 9.22. The zero-order valence-electron chi connectivity index (χ0n) is 9.22. The fraction of sp³-hybridized carbons (Fsp3) is 0.900. The van der Waals surface area contributed by atoms with Crippen molar-refractivity contribution in [2.45, 2.75) is 25.7 Å². The number of rotatable bonds is 3. The molecule has 0 aliphatic carbocycles. The molecule has 0 radical (unpaired) electrons. The molecule has 1 fully saturated rings. The molecule has 3 nitrogen and oxygen atoms in total. The Bertz CT molecular complexity index is 220. The second-order valence-electron chi connectivity index (χ2n) is 4.14. The molecule has 0 saturated carbocycles. The SMILES string of the molecule is CNCC(=O)N1CCC(C(C)(F)F)CC1. The number of hydrogen-bond acceptors (Lipinski definition) is 2. The molecule has 15 heavy (non-hydrogen) atoms. The van der Waals surface area contributed by atoms with Crippen molar-refractivity contribution < 1.29 is 13.6 Å². The lowest BCUT2D eigenvalue weighted by Crippen LogP contribution is -2.45. The number of likely N-dealkylation sites (N-methyl/N-ethyl adjacent to an activating group) is 1. The number of likely N-dealkylation sites (tertiary alicyclic amines) is 1. The Labute approximate surface area is 88.8 Å². The van der Waals surface area contributed by atoms with Crippen LogP contribution in [0.5, 0.6) is 0 Å². The number of hydrogen-bond donors (Lipinski definition) is 1. The Morgan fingerprint density at radius 3 is 2.40 bits per heavy atom. The molecule has 1 aliphatic rings. The van der Waals surface area contributed by atoms with Gasteiger partial charge < -0.3 is 10.2 Å². The monoisotopic (exact) mass is 220 g/mol. The summed E-state index contributed by atoms with van der Waals surface area (Å²) in [4.78, 5) is 13.1. The van der Waals surface area contributed by atoms with Gasteiger partial charge in [-0.15, -0.1) is 0 Å². The van der Waals surface area contributed by atoms with Gasteiger partial charge in [-0.1, -0.05) is 0 Å². The molecule has 1 N–H and O–H groups in total. The maximum atomic E-state index is 13.0. The van der Waals surface area contributed by atoms with Crippen LogP contribution in [0.4, 0.5) is 8.78 Å². The standard InChI is InChI=1S/C10H18F2N2O/c1-10(11,12)8-3-5-14(6-4-8)9(15)7-13-2/h8,13H,3-7H2,1-2H3. The van der Waals surface area contributed by atoms with Gasteiger partial charge in [-0.2, -0.15) is 0 Å². The molecule has 0 spiro atoms. The van der Waals surface area contributed by atoms with Crippen LogP contribution in [-0.2, 0) is 4.79 Å².